The Kier molecular flexibility index (Phi) is 6.96. The largest absolute Gasteiger partial charge is 0.488 e. The highest BCUT2D eigenvalue weighted by Crippen LogP contribution is 2.29. The summed E-state index contributed by atoms with van der Waals surface area (Å²) in [4.78, 5) is 0. The van der Waals surface area contributed by atoms with Gasteiger partial charge in [-0.3, -0.25) is 0 Å². The van der Waals surface area contributed by atoms with Crippen molar-refractivity contribution in [3.8, 4) is 5.75 Å². The van der Waals surface area contributed by atoms with Crippen molar-refractivity contribution in [3.05, 3.63) is 114 Å². The van der Waals surface area contributed by atoms with E-state index in [1.807, 2.05) is 24.3 Å². The van der Waals surface area contributed by atoms with E-state index in [2.05, 4.69) is 60.8 Å². The lowest BCUT2D eigenvalue weighted by Crippen LogP contribution is -2.26. The molecule has 158 valence electrons. The molecule has 0 aliphatic rings. The van der Waals surface area contributed by atoms with Gasteiger partial charge in [-0.1, -0.05) is 78.9 Å². The van der Waals surface area contributed by atoms with Gasteiger partial charge in [0.05, 0.1) is 0 Å². The Morgan fingerprint density at radius 2 is 1.58 bits per heavy atom. The Bertz CT molecular complexity index is 1130. The molecular weight excluding hydrogens is 385 g/mol. The van der Waals surface area contributed by atoms with E-state index in [-0.39, 0.29) is 12.4 Å². The molecule has 0 aromatic heterocycles. The van der Waals surface area contributed by atoms with Crippen molar-refractivity contribution < 1.29 is 9.13 Å². The number of rotatable bonds is 9. The molecule has 0 aliphatic heterocycles. The summed E-state index contributed by atoms with van der Waals surface area (Å²) in [7, 11) is 0. The molecule has 0 unspecified atom stereocenters. The number of benzene rings is 4. The zero-order valence-electron chi connectivity index (χ0n) is 17.9. The number of ether oxygens (including phenoxy) is 1. The van der Waals surface area contributed by atoms with Gasteiger partial charge in [-0.25, -0.2) is 4.39 Å². The average molecular weight is 414 g/mol. The second-order valence-corrected chi connectivity index (χ2v) is 7.95. The van der Waals surface area contributed by atoms with Crippen LogP contribution in [0.15, 0.2) is 91.0 Å². The van der Waals surface area contributed by atoms with E-state index in [9.17, 15) is 4.39 Å². The Balaban J connectivity index is 1.48. The SMILES string of the molecule is C[C@H](CCc1ccccc1)NCc1c(OCc2ccccc2F)ccc2ccccc12. The molecule has 0 fully saturated rings. The summed E-state index contributed by atoms with van der Waals surface area (Å²) >= 11 is 0. The number of nitrogens with one attached hydrogen (secondary N) is 1. The fraction of sp³-hybridized carbons (Fsp3) is 0.214. The summed E-state index contributed by atoms with van der Waals surface area (Å²) in [6, 6.07) is 30.1. The zero-order chi connectivity index (χ0) is 21.5. The normalized spacial score (nSPS) is 12.1. The molecule has 2 nitrogen and oxygen atoms in total. The predicted octanol–water partition coefficient (Wildman–Crippen LogP) is 6.67. The van der Waals surface area contributed by atoms with Crippen molar-refractivity contribution in [3.63, 3.8) is 0 Å². The maximum absolute atomic E-state index is 14.0. The minimum Gasteiger partial charge on any atom is -0.488 e. The van der Waals surface area contributed by atoms with Gasteiger partial charge in [-0.15, -0.1) is 0 Å². The van der Waals surface area contributed by atoms with Crippen molar-refractivity contribution in [2.45, 2.75) is 39.0 Å². The lowest BCUT2D eigenvalue weighted by Gasteiger charge is -2.18. The highest BCUT2D eigenvalue weighted by atomic mass is 19.1. The van der Waals surface area contributed by atoms with Crippen LogP contribution in [0.1, 0.15) is 30.0 Å². The standard InChI is InChI=1S/C28H28FNO/c1-21(15-16-22-9-3-2-4-10-22)30-19-26-25-13-7-5-11-23(25)17-18-28(26)31-20-24-12-6-8-14-27(24)29/h2-14,17-18,21,30H,15-16,19-20H2,1H3/t21-/m1/s1. The van der Waals surface area contributed by atoms with Crippen LogP contribution in [-0.2, 0) is 19.6 Å². The molecule has 4 aromatic rings. The Morgan fingerprint density at radius 1 is 0.839 bits per heavy atom. The molecular formula is C28H28FNO. The fourth-order valence-corrected chi connectivity index (χ4v) is 3.81. The molecule has 0 aliphatic carbocycles. The highest BCUT2D eigenvalue weighted by molar-refractivity contribution is 5.87. The van der Waals surface area contributed by atoms with Gasteiger partial charge < -0.3 is 10.1 Å². The van der Waals surface area contributed by atoms with Crippen molar-refractivity contribution in [2.75, 3.05) is 0 Å². The van der Waals surface area contributed by atoms with Crippen LogP contribution < -0.4 is 10.1 Å². The van der Waals surface area contributed by atoms with Crippen LogP contribution in [0.5, 0.6) is 5.75 Å². The average Bonchev–Trinajstić information content (AvgIpc) is 2.81. The van der Waals surface area contributed by atoms with Crippen molar-refractivity contribution >= 4 is 10.8 Å². The lowest BCUT2D eigenvalue weighted by atomic mass is 10.0. The summed E-state index contributed by atoms with van der Waals surface area (Å²) in [5, 5.41) is 6.00. The highest BCUT2D eigenvalue weighted by Gasteiger charge is 2.12. The second kappa shape index (κ2) is 10.2. The summed E-state index contributed by atoms with van der Waals surface area (Å²) in [6.45, 7) is 3.12. The fourth-order valence-electron chi connectivity index (χ4n) is 3.81. The first kappa shape index (κ1) is 21.1. The van der Waals surface area contributed by atoms with Crippen LogP contribution in [-0.4, -0.2) is 6.04 Å². The minimum atomic E-state index is -0.238. The van der Waals surface area contributed by atoms with E-state index >= 15 is 0 Å². The quantitative estimate of drug-likeness (QED) is 0.331. The first-order valence-corrected chi connectivity index (χ1v) is 10.8. The lowest BCUT2D eigenvalue weighted by molar-refractivity contribution is 0.296. The third-order valence-electron chi connectivity index (χ3n) is 5.67. The van der Waals surface area contributed by atoms with Crippen LogP contribution in [0, 0.1) is 5.82 Å². The summed E-state index contributed by atoms with van der Waals surface area (Å²) in [5.74, 6) is 0.558. The smallest absolute Gasteiger partial charge is 0.129 e. The molecule has 0 saturated heterocycles. The number of hydrogen-bond acceptors (Lipinski definition) is 2. The molecule has 0 radical (unpaired) electrons. The molecule has 31 heavy (non-hydrogen) atoms. The van der Waals surface area contributed by atoms with E-state index in [0.717, 1.165) is 29.5 Å². The van der Waals surface area contributed by atoms with E-state index in [4.69, 9.17) is 4.74 Å². The summed E-state index contributed by atoms with van der Waals surface area (Å²) < 4.78 is 20.1. The topological polar surface area (TPSA) is 21.3 Å². The third kappa shape index (κ3) is 5.50. The van der Waals surface area contributed by atoms with Crippen LogP contribution in [0.25, 0.3) is 10.8 Å². The van der Waals surface area contributed by atoms with E-state index in [0.29, 0.717) is 18.2 Å². The molecule has 1 N–H and O–H groups in total. The zero-order valence-corrected chi connectivity index (χ0v) is 17.9. The molecule has 0 bridgehead atoms. The van der Waals surface area contributed by atoms with E-state index < -0.39 is 0 Å². The van der Waals surface area contributed by atoms with Crippen molar-refractivity contribution in [1.82, 2.24) is 5.32 Å². The van der Waals surface area contributed by atoms with Gasteiger partial charge in [0.15, 0.2) is 0 Å². The first-order chi connectivity index (χ1) is 15.2. The Labute approximate surface area is 183 Å². The van der Waals surface area contributed by atoms with Crippen molar-refractivity contribution in [1.29, 1.82) is 0 Å². The molecule has 4 rings (SSSR count). The Morgan fingerprint density at radius 3 is 2.42 bits per heavy atom. The Hall–Kier alpha value is -3.17. The van der Waals surface area contributed by atoms with Gasteiger partial charge in [0.2, 0.25) is 0 Å². The summed E-state index contributed by atoms with van der Waals surface area (Å²) in [5.41, 5.74) is 3.03. The van der Waals surface area contributed by atoms with Gasteiger partial charge in [-0.05, 0) is 48.2 Å². The van der Waals surface area contributed by atoms with Gasteiger partial charge in [0, 0.05) is 23.7 Å². The van der Waals surface area contributed by atoms with Gasteiger partial charge in [-0.2, -0.15) is 0 Å². The third-order valence-corrected chi connectivity index (χ3v) is 5.67. The van der Waals surface area contributed by atoms with Crippen LogP contribution in [0.3, 0.4) is 0 Å². The van der Waals surface area contributed by atoms with E-state index in [1.54, 1.807) is 12.1 Å². The predicted molar refractivity (Wildman–Crippen MR) is 126 cm³/mol. The molecule has 0 heterocycles. The molecule has 0 amide bonds. The molecule has 0 spiro atoms. The van der Waals surface area contributed by atoms with E-state index in [1.165, 1.54) is 17.0 Å². The van der Waals surface area contributed by atoms with Gasteiger partial charge in [0.25, 0.3) is 0 Å². The maximum Gasteiger partial charge on any atom is 0.129 e. The van der Waals surface area contributed by atoms with Crippen molar-refractivity contribution in [2.24, 2.45) is 0 Å². The molecule has 3 heteroatoms. The second-order valence-electron chi connectivity index (χ2n) is 7.95. The first-order valence-electron chi connectivity index (χ1n) is 10.8. The van der Waals surface area contributed by atoms with Crippen LogP contribution in [0.2, 0.25) is 0 Å². The number of halogens is 1. The minimum absolute atomic E-state index is 0.210. The maximum atomic E-state index is 14.0. The number of aryl methyl sites for hydroxylation is 1. The molecule has 4 aromatic carbocycles. The van der Waals surface area contributed by atoms with Gasteiger partial charge in [0.1, 0.15) is 18.2 Å². The summed E-state index contributed by atoms with van der Waals surface area (Å²) in [6.07, 6.45) is 2.10. The molecule has 1 atom stereocenters. The van der Waals surface area contributed by atoms with Crippen LogP contribution in [0.4, 0.5) is 4.39 Å². The van der Waals surface area contributed by atoms with Crippen LogP contribution >= 0.6 is 0 Å². The molecule has 0 saturated carbocycles. The number of hydrogen-bond donors (Lipinski definition) is 1. The van der Waals surface area contributed by atoms with Gasteiger partial charge >= 0.3 is 0 Å². The number of fused-ring (bicyclic) bond motifs is 1. The monoisotopic (exact) mass is 413 g/mol.